The van der Waals surface area contributed by atoms with Gasteiger partial charge < -0.3 is 5.32 Å². The van der Waals surface area contributed by atoms with Gasteiger partial charge in [-0.25, -0.2) is 4.39 Å². The van der Waals surface area contributed by atoms with Crippen LogP contribution in [0.5, 0.6) is 0 Å². The average molecular weight is 252 g/mol. The molecule has 0 aliphatic carbocycles. The third-order valence-electron chi connectivity index (χ3n) is 3.06. The summed E-state index contributed by atoms with van der Waals surface area (Å²) in [7, 11) is 0. The van der Waals surface area contributed by atoms with Crippen LogP contribution in [-0.2, 0) is 0 Å². The Hall–Kier alpha value is -1.03. The molecule has 1 heterocycles. The summed E-state index contributed by atoms with van der Waals surface area (Å²) in [5.41, 5.74) is 1.59. The maximum Gasteiger partial charge on any atom is 0.161 e. The second-order valence-corrected chi connectivity index (χ2v) is 5.61. The Labute approximate surface area is 106 Å². The van der Waals surface area contributed by atoms with Crippen LogP contribution in [0.1, 0.15) is 25.8 Å². The van der Waals surface area contributed by atoms with Gasteiger partial charge in [0.05, 0.1) is 5.54 Å². The fourth-order valence-corrected chi connectivity index (χ4v) is 2.82. The lowest BCUT2D eigenvalue weighted by molar-refractivity contribution is 0.523. The maximum absolute atomic E-state index is 13.1. The van der Waals surface area contributed by atoms with Crippen LogP contribution in [0.4, 0.5) is 10.1 Å². The number of amidine groups is 1. The van der Waals surface area contributed by atoms with Gasteiger partial charge in [-0.1, -0.05) is 18.7 Å². The molecule has 1 aliphatic rings. The molecule has 2 nitrogen and oxygen atoms in total. The minimum atomic E-state index is -0.171. The Bertz CT molecular complexity index is 459. The van der Waals surface area contributed by atoms with E-state index in [1.165, 1.54) is 6.07 Å². The number of thioether (sulfide) groups is 1. The summed E-state index contributed by atoms with van der Waals surface area (Å²) in [5.74, 6) is 0.835. The number of halogens is 1. The second-order valence-electron chi connectivity index (χ2n) is 4.65. The van der Waals surface area contributed by atoms with Crippen molar-refractivity contribution in [3.05, 3.63) is 29.6 Å². The summed E-state index contributed by atoms with van der Waals surface area (Å²) in [4.78, 5) is 4.66. The van der Waals surface area contributed by atoms with Crippen molar-refractivity contribution in [3.8, 4) is 0 Å². The number of nitrogens with one attached hydrogen (secondary N) is 1. The van der Waals surface area contributed by atoms with E-state index < -0.39 is 0 Å². The third-order valence-corrected chi connectivity index (χ3v) is 4.30. The molecule has 0 radical (unpaired) electrons. The quantitative estimate of drug-likeness (QED) is 0.865. The first-order chi connectivity index (χ1) is 8.02. The fraction of sp³-hybridized carbons (Fsp3) is 0.462. The number of hydrogen-bond acceptors (Lipinski definition) is 3. The molecule has 0 bridgehead atoms. The highest BCUT2D eigenvalue weighted by Gasteiger charge is 2.28. The van der Waals surface area contributed by atoms with Gasteiger partial charge in [0.25, 0.3) is 0 Å². The number of aryl methyl sites for hydroxylation is 1. The van der Waals surface area contributed by atoms with Gasteiger partial charge in [-0.15, -0.1) is 0 Å². The van der Waals surface area contributed by atoms with Gasteiger partial charge in [0.1, 0.15) is 5.82 Å². The second kappa shape index (κ2) is 4.69. The molecule has 0 spiro atoms. The van der Waals surface area contributed by atoms with Crippen LogP contribution in [0.2, 0.25) is 0 Å². The first-order valence-corrected chi connectivity index (χ1v) is 6.77. The van der Waals surface area contributed by atoms with Crippen LogP contribution in [0, 0.1) is 12.7 Å². The van der Waals surface area contributed by atoms with Crippen LogP contribution in [0.15, 0.2) is 23.2 Å². The van der Waals surface area contributed by atoms with Gasteiger partial charge >= 0.3 is 0 Å². The number of hydrogen-bond donors (Lipinski definition) is 1. The molecule has 17 heavy (non-hydrogen) atoms. The van der Waals surface area contributed by atoms with E-state index in [-0.39, 0.29) is 11.4 Å². The lowest BCUT2D eigenvalue weighted by Gasteiger charge is -2.15. The van der Waals surface area contributed by atoms with Gasteiger partial charge in [-0.05, 0) is 44.0 Å². The molecule has 4 heteroatoms. The molecule has 1 atom stereocenters. The number of anilines is 1. The van der Waals surface area contributed by atoms with Crippen molar-refractivity contribution in [2.45, 2.75) is 32.7 Å². The van der Waals surface area contributed by atoms with Crippen molar-refractivity contribution in [1.82, 2.24) is 0 Å². The van der Waals surface area contributed by atoms with E-state index in [0.29, 0.717) is 5.56 Å². The first-order valence-electron chi connectivity index (χ1n) is 5.78. The zero-order valence-corrected chi connectivity index (χ0v) is 11.2. The van der Waals surface area contributed by atoms with Gasteiger partial charge in [-0.2, -0.15) is 0 Å². The van der Waals surface area contributed by atoms with E-state index in [1.54, 1.807) is 30.8 Å². The molecule has 1 aliphatic heterocycles. The summed E-state index contributed by atoms with van der Waals surface area (Å²) in [6.45, 7) is 6.07. The van der Waals surface area contributed by atoms with Gasteiger partial charge in [-0.3, -0.25) is 4.99 Å². The standard InChI is InChI=1S/C13H17FN2S/c1-4-13(3)8-17-12(16-13)15-10-5-6-11(14)9(2)7-10/h5-7H,4,8H2,1-3H3,(H,15,16). The molecule has 0 aromatic heterocycles. The normalized spacial score (nSPS) is 23.6. The maximum atomic E-state index is 13.1. The summed E-state index contributed by atoms with van der Waals surface area (Å²) >= 11 is 1.72. The highest BCUT2D eigenvalue weighted by Crippen LogP contribution is 2.30. The van der Waals surface area contributed by atoms with Crippen LogP contribution < -0.4 is 5.32 Å². The highest BCUT2D eigenvalue weighted by atomic mass is 32.2. The Kier molecular flexibility index (Phi) is 3.43. The number of rotatable bonds is 2. The topological polar surface area (TPSA) is 24.4 Å². The van der Waals surface area contributed by atoms with Gasteiger partial charge in [0.2, 0.25) is 0 Å². The predicted octanol–water partition coefficient (Wildman–Crippen LogP) is 3.82. The predicted molar refractivity (Wildman–Crippen MR) is 73.3 cm³/mol. The van der Waals surface area contributed by atoms with E-state index in [0.717, 1.165) is 23.0 Å². The number of nitrogens with zero attached hydrogens (tertiary/aromatic N) is 1. The van der Waals surface area contributed by atoms with E-state index in [9.17, 15) is 4.39 Å². The van der Waals surface area contributed by atoms with Crippen LogP contribution in [0.25, 0.3) is 0 Å². The van der Waals surface area contributed by atoms with Crippen LogP contribution in [-0.4, -0.2) is 16.5 Å². The molecule has 1 N–H and O–H groups in total. The van der Waals surface area contributed by atoms with Gasteiger partial charge in [0, 0.05) is 11.4 Å². The SMILES string of the molecule is CCC1(C)CSC(Nc2ccc(F)c(C)c2)=N1. The van der Waals surface area contributed by atoms with Crippen molar-refractivity contribution >= 4 is 22.6 Å². The Morgan fingerprint density at radius 3 is 2.88 bits per heavy atom. The van der Waals surface area contributed by atoms with Crippen molar-refractivity contribution in [1.29, 1.82) is 0 Å². The van der Waals surface area contributed by atoms with Gasteiger partial charge in [0.15, 0.2) is 5.17 Å². The molecule has 1 aromatic rings. The van der Waals surface area contributed by atoms with E-state index >= 15 is 0 Å². The molecule has 0 saturated heterocycles. The van der Waals surface area contributed by atoms with Crippen LogP contribution in [0.3, 0.4) is 0 Å². The number of benzene rings is 1. The molecule has 0 fully saturated rings. The molecule has 92 valence electrons. The summed E-state index contributed by atoms with van der Waals surface area (Å²) in [5, 5.41) is 4.18. The summed E-state index contributed by atoms with van der Waals surface area (Å²) in [6, 6.07) is 5.03. The molecule has 0 saturated carbocycles. The molecule has 1 unspecified atom stereocenters. The zero-order chi connectivity index (χ0) is 12.5. The molecular formula is C13H17FN2S. The summed E-state index contributed by atoms with van der Waals surface area (Å²) < 4.78 is 13.1. The number of aliphatic imine (C=N–C) groups is 1. The van der Waals surface area contributed by atoms with Crippen LogP contribution >= 0.6 is 11.8 Å². The van der Waals surface area contributed by atoms with Crippen molar-refractivity contribution in [3.63, 3.8) is 0 Å². The monoisotopic (exact) mass is 252 g/mol. The first kappa shape index (κ1) is 12.4. The van der Waals surface area contributed by atoms with E-state index in [1.807, 2.05) is 0 Å². The lowest BCUT2D eigenvalue weighted by Crippen LogP contribution is -2.20. The zero-order valence-electron chi connectivity index (χ0n) is 10.4. The Morgan fingerprint density at radius 2 is 2.29 bits per heavy atom. The van der Waals surface area contributed by atoms with Crippen molar-refractivity contribution < 1.29 is 4.39 Å². The Morgan fingerprint density at radius 1 is 1.53 bits per heavy atom. The Balaban J connectivity index is 2.12. The molecule has 1 aromatic carbocycles. The smallest absolute Gasteiger partial charge is 0.161 e. The average Bonchev–Trinajstić information content (AvgIpc) is 2.67. The lowest BCUT2D eigenvalue weighted by atomic mass is 10.0. The highest BCUT2D eigenvalue weighted by molar-refractivity contribution is 8.14. The minimum absolute atomic E-state index is 0.0437. The van der Waals surface area contributed by atoms with E-state index in [4.69, 9.17) is 0 Å². The third kappa shape index (κ3) is 2.80. The minimum Gasteiger partial charge on any atom is -0.335 e. The molecule has 0 amide bonds. The summed E-state index contributed by atoms with van der Waals surface area (Å²) in [6.07, 6.45) is 1.04. The molecule has 2 rings (SSSR count). The van der Waals surface area contributed by atoms with Crippen molar-refractivity contribution in [2.75, 3.05) is 11.1 Å². The fourth-order valence-electron chi connectivity index (χ4n) is 1.62. The van der Waals surface area contributed by atoms with Crippen molar-refractivity contribution in [2.24, 2.45) is 4.99 Å². The molecular weight excluding hydrogens is 235 g/mol. The van der Waals surface area contributed by atoms with E-state index in [2.05, 4.69) is 24.2 Å². The largest absolute Gasteiger partial charge is 0.335 e.